The summed E-state index contributed by atoms with van der Waals surface area (Å²) in [6.07, 6.45) is 4.40. The zero-order valence-electron chi connectivity index (χ0n) is 18.0. The fourth-order valence-corrected chi connectivity index (χ4v) is 5.64. The predicted octanol–water partition coefficient (Wildman–Crippen LogP) is 2.91. The standard InChI is InChI=1S/C22H35N3O3S/c1-4-18(2)20-8-10-21(11-9-20)29(27,28)25-16-14-23(15-17-25)19(3)22(26)24-12-6-5-7-13-24/h8-11,18-19H,4-7,12-17H2,1-3H3/t18-,19-/m0/s1. The summed E-state index contributed by atoms with van der Waals surface area (Å²) in [5.74, 6) is 0.607. The highest BCUT2D eigenvalue weighted by molar-refractivity contribution is 7.89. The van der Waals surface area contributed by atoms with Crippen LogP contribution < -0.4 is 0 Å². The lowest BCUT2D eigenvalue weighted by molar-refractivity contribution is -0.137. The summed E-state index contributed by atoms with van der Waals surface area (Å²) in [5.41, 5.74) is 1.17. The molecule has 0 N–H and O–H groups in total. The van der Waals surface area contributed by atoms with Crippen LogP contribution >= 0.6 is 0 Å². The van der Waals surface area contributed by atoms with Gasteiger partial charge in [0.25, 0.3) is 0 Å². The Bertz CT molecular complexity index is 780. The van der Waals surface area contributed by atoms with E-state index in [2.05, 4.69) is 18.7 Å². The molecule has 0 radical (unpaired) electrons. The second-order valence-electron chi connectivity index (χ2n) is 8.38. The maximum Gasteiger partial charge on any atom is 0.243 e. The van der Waals surface area contributed by atoms with Crippen molar-refractivity contribution >= 4 is 15.9 Å². The van der Waals surface area contributed by atoms with Crippen molar-refractivity contribution < 1.29 is 13.2 Å². The van der Waals surface area contributed by atoms with Crippen molar-refractivity contribution in [3.63, 3.8) is 0 Å². The zero-order chi connectivity index (χ0) is 21.0. The van der Waals surface area contributed by atoms with E-state index in [1.165, 1.54) is 12.0 Å². The zero-order valence-corrected chi connectivity index (χ0v) is 18.8. The van der Waals surface area contributed by atoms with E-state index >= 15 is 0 Å². The van der Waals surface area contributed by atoms with Crippen molar-refractivity contribution in [2.45, 2.75) is 63.3 Å². The van der Waals surface area contributed by atoms with Crippen LogP contribution in [0.1, 0.15) is 57.9 Å². The second-order valence-corrected chi connectivity index (χ2v) is 10.3. The molecule has 7 heteroatoms. The Labute approximate surface area is 175 Å². The normalized spacial score (nSPS) is 21.7. The van der Waals surface area contributed by atoms with E-state index in [4.69, 9.17) is 0 Å². The van der Waals surface area contributed by atoms with Gasteiger partial charge in [-0.3, -0.25) is 9.69 Å². The third-order valence-corrected chi connectivity index (χ3v) is 8.46. The molecular weight excluding hydrogens is 386 g/mol. The number of hydrogen-bond acceptors (Lipinski definition) is 4. The van der Waals surface area contributed by atoms with E-state index < -0.39 is 10.0 Å². The Kier molecular flexibility index (Phi) is 7.35. The summed E-state index contributed by atoms with van der Waals surface area (Å²) in [5, 5.41) is 0. The molecule has 2 heterocycles. The summed E-state index contributed by atoms with van der Waals surface area (Å²) in [6.45, 7) is 9.96. The molecule has 6 nitrogen and oxygen atoms in total. The minimum Gasteiger partial charge on any atom is -0.341 e. The van der Waals surface area contributed by atoms with E-state index in [-0.39, 0.29) is 11.9 Å². The van der Waals surface area contributed by atoms with E-state index in [0.29, 0.717) is 37.0 Å². The van der Waals surface area contributed by atoms with Crippen LogP contribution in [-0.2, 0) is 14.8 Å². The van der Waals surface area contributed by atoms with Crippen LogP contribution in [0.5, 0.6) is 0 Å². The van der Waals surface area contributed by atoms with Crippen molar-refractivity contribution in [2.24, 2.45) is 0 Å². The van der Waals surface area contributed by atoms with Gasteiger partial charge in [0, 0.05) is 39.3 Å². The highest BCUT2D eigenvalue weighted by Crippen LogP contribution is 2.23. The molecule has 1 aromatic rings. The molecule has 0 bridgehead atoms. The number of piperazine rings is 1. The molecule has 0 aromatic heterocycles. The SMILES string of the molecule is CC[C@H](C)c1ccc(S(=O)(=O)N2CCN([C@@H](C)C(=O)N3CCCCC3)CC2)cc1. The van der Waals surface area contributed by atoms with Gasteiger partial charge in [0.15, 0.2) is 0 Å². The van der Waals surface area contributed by atoms with Crippen LogP contribution in [-0.4, -0.2) is 73.7 Å². The first-order chi connectivity index (χ1) is 13.8. The molecule has 2 saturated heterocycles. The Morgan fingerprint density at radius 3 is 2.07 bits per heavy atom. The van der Waals surface area contributed by atoms with Gasteiger partial charge >= 0.3 is 0 Å². The number of carbonyl (C=O) groups is 1. The quantitative estimate of drug-likeness (QED) is 0.709. The van der Waals surface area contributed by atoms with Crippen LogP contribution in [0.15, 0.2) is 29.2 Å². The van der Waals surface area contributed by atoms with Gasteiger partial charge in [0.05, 0.1) is 10.9 Å². The minimum absolute atomic E-state index is 0.182. The number of benzene rings is 1. The maximum atomic E-state index is 13.0. The lowest BCUT2D eigenvalue weighted by Gasteiger charge is -2.39. The van der Waals surface area contributed by atoms with Gasteiger partial charge in [-0.2, -0.15) is 4.31 Å². The van der Waals surface area contributed by atoms with Crippen molar-refractivity contribution in [3.8, 4) is 0 Å². The highest BCUT2D eigenvalue weighted by atomic mass is 32.2. The summed E-state index contributed by atoms with van der Waals surface area (Å²) in [6, 6.07) is 7.12. The van der Waals surface area contributed by atoms with E-state index in [0.717, 1.165) is 32.4 Å². The number of hydrogen-bond donors (Lipinski definition) is 0. The lowest BCUT2D eigenvalue weighted by Crippen LogP contribution is -2.55. The first-order valence-corrected chi connectivity index (χ1v) is 12.4. The molecule has 0 aliphatic carbocycles. The Morgan fingerprint density at radius 2 is 1.52 bits per heavy atom. The molecular formula is C22H35N3O3S. The minimum atomic E-state index is -3.49. The van der Waals surface area contributed by atoms with Crippen molar-refractivity contribution in [2.75, 3.05) is 39.3 Å². The first kappa shape index (κ1) is 22.2. The van der Waals surface area contributed by atoms with Crippen molar-refractivity contribution in [1.29, 1.82) is 0 Å². The molecule has 2 aliphatic rings. The van der Waals surface area contributed by atoms with Crippen LogP contribution in [0.25, 0.3) is 0 Å². The Balaban J connectivity index is 1.59. The largest absolute Gasteiger partial charge is 0.341 e. The Hall–Kier alpha value is -1.44. The average Bonchev–Trinajstić information content (AvgIpc) is 2.78. The molecule has 1 aromatic carbocycles. The molecule has 3 rings (SSSR count). The Morgan fingerprint density at radius 1 is 0.931 bits per heavy atom. The molecule has 29 heavy (non-hydrogen) atoms. The highest BCUT2D eigenvalue weighted by Gasteiger charge is 2.33. The van der Waals surface area contributed by atoms with Gasteiger partial charge in [0.1, 0.15) is 0 Å². The summed E-state index contributed by atoms with van der Waals surface area (Å²) in [7, 11) is -3.49. The predicted molar refractivity (Wildman–Crippen MR) is 115 cm³/mol. The van der Waals surface area contributed by atoms with Crippen LogP contribution in [0.3, 0.4) is 0 Å². The van der Waals surface area contributed by atoms with Crippen molar-refractivity contribution in [1.82, 2.24) is 14.1 Å². The molecule has 2 atom stereocenters. The lowest BCUT2D eigenvalue weighted by atomic mass is 9.99. The fourth-order valence-electron chi connectivity index (χ4n) is 4.22. The third kappa shape index (κ3) is 5.01. The van der Waals surface area contributed by atoms with Crippen molar-refractivity contribution in [3.05, 3.63) is 29.8 Å². The number of piperidine rings is 1. The fraction of sp³-hybridized carbons (Fsp3) is 0.682. The van der Waals surface area contributed by atoms with Gasteiger partial charge in [-0.25, -0.2) is 8.42 Å². The first-order valence-electron chi connectivity index (χ1n) is 11.0. The number of nitrogens with zero attached hydrogens (tertiary/aromatic N) is 3. The maximum absolute atomic E-state index is 13.0. The van der Waals surface area contributed by atoms with E-state index in [9.17, 15) is 13.2 Å². The smallest absolute Gasteiger partial charge is 0.243 e. The van der Waals surface area contributed by atoms with E-state index in [1.54, 1.807) is 16.4 Å². The van der Waals surface area contributed by atoms with E-state index in [1.807, 2.05) is 24.0 Å². The molecule has 0 spiro atoms. The number of sulfonamides is 1. The monoisotopic (exact) mass is 421 g/mol. The molecule has 0 unspecified atom stereocenters. The summed E-state index contributed by atoms with van der Waals surface area (Å²) >= 11 is 0. The summed E-state index contributed by atoms with van der Waals surface area (Å²) in [4.78, 5) is 17.2. The average molecular weight is 422 g/mol. The van der Waals surface area contributed by atoms with Gasteiger partial charge in [-0.05, 0) is 56.2 Å². The second kappa shape index (κ2) is 9.58. The van der Waals surface area contributed by atoms with Crippen LogP contribution in [0.2, 0.25) is 0 Å². The topological polar surface area (TPSA) is 60.9 Å². The number of amides is 1. The molecule has 2 fully saturated rings. The van der Waals surface area contributed by atoms with Gasteiger partial charge in [0.2, 0.25) is 15.9 Å². The summed E-state index contributed by atoms with van der Waals surface area (Å²) < 4.78 is 27.6. The third-order valence-electron chi connectivity index (χ3n) is 6.55. The molecule has 0 saturated carbocycles. The number of rotatable bonds is 6. The van der Waals surface area contributed by atoms with Gasteiger partial charge < -0.3 is 4.90 Å². The van der Waals surface area contributed by atoms with Crippen LogP contribution in [0.4, 0.5) is 0 Å². The van der Waals surface area contributed by atoms with Gasteiger partial charge in [-0.1, -0.05) is 26.0 Å². The molecule has 162 valence electrons. The van der Waals surface area contributed by atoms with Gasteiger partial charge in [-0.15, -0.1) is 0 Å². The molecule has 1 amide bonds. The van der Waals surface area contributed by atoms with Crippen LogP contribution in [0, 0.1) is 0 Å². The number of carbonyl (C=O) groups excluding carboxylic acids is 1. The number of likely N-dealkylation sites (tertiary alicyclic amines) is 1. The molecule has 2 aliphatic heterocycles.